The molecule has 2 rings (SSSR count). The van der Waals surface area contributed by atoms with Gasteiger partial charge in [0.05, 0.1) is 17.6 Å². The molecule has 94 valence electrons. The zero-order valence-electron chi connectivity index (χ0n) is 10.8. The van der Waals surface area contributed by atoms with Crippen LogP contribution < -0.4 is 10.6 Å². The summed E-state index contributed by atoms with van der Waals surface area (Å²) in [5, 5.41) is 0. The summed E-state index contributed by atoms with van der Waals surface area (Å²) >= 11 is 0. The number of piperidine rings is 1. The largest absolute Gasteiger partial charge is 0.355 e. The molecule has 0 saturated carbocycles. The summed E-state index contributed by atoms with van der Waals surface area (Å²) in [5.41, 5.74) is 7.69. The highest BCUT2D eigenvalue weighted by Crippen LogP contribution is 2.23. The second-order valence-corrected chi connectivity index (χ2v) is 4.93. The Hall–Kier alpha value is -1.16. The summed E-state index contributed by atoms with van der Waals surface area (Å²) in [4.78, 5) is 11.4. The molecule has 1 unspecified atom stereocenters. The number of hydrogen-bond donors (Lipinski definition) is 1. The SMILES string of the molecule is Cc1ncc(N2CCCC(CCN)C2)nc1C. The van der Waals surface area contributed by atoms with Crippen LogP contribution in [0, 0.1) is 19.8 Å². The van der Waals surface area contributed by atoms with E-state index in [1.54, 1.807) is 0 Å². The first-order chi connectivity index (χ1) is 8.20. The number of nitrogens with two attached hydrogens (primary N) is 1. The Bertz CT molecular complexity index is 376. The molecular formula is C13H22N4. The summed E-state index contributed by atoms with van der Waals surface area (Å²) in [6, 6.07) is 0. The first-order valence-corrected chi connectivity index (χ1v) is 6.46. The monoisotopic (exact) mass is 234 g/mol. The molecule has 2 heterocycles. The Morgan fingerprint density at radius 1 is 1.41 bits per heavy atom. The van der Waals surface area contributed by atoms with E-state index in [2.05, 4.69) is 14.9 Å². The van der Waals surface area contributed by atoms with Gasteiger partial charge in [0.1, 0.15) is 5.82 Å². The van der Waals surface area contributed by atoms with Crippen molar-refractivity contribution in [1.82, 2.24) is 9.97 Å². The zero-order chi connectivity index (χ0) is 12.3. The van der Waals surface area contributed by atoms with Crippen LogP contribution in [0.1, 0.15) is 30.7 Å². The second-order valence-electron chi connectivity index (χ2n) is 4.93. The van der Waals surface area contributed by atoms with Gasteiger partial charge in [0.25, 0.3) is 0 Å². The van der Waals surface area contributed by atoms with E-state index in [1.807, 2.05) is 20.0 Å². The van der Waals surface area contributed by atoms with Gasteiger partial charge in [-0.05, 0) is 45.6 Å². The van der Waals surface area contributed by atoms with Gasteiger partial charge in [-0.25, -0.2) is 4.98 Å². The van der Waals surface area contributed by atoms with Crippen LogP contribution in [0.4, 0.5) is 5.82 Å². The molecular weight excluding hydrogens is 212 g/mol. The number of aromatic nitrogens is 2. The van der Waals surface area contributed by atoms with Gasteiger partial charge < -0.3 is 10.6 Å². The molecule has 1 aliphatic heterocycles. The van der Waals surface area contributed by atoms with Crippen LogP contribution in [-0.4, -0.2) is 29.6 Å². The molecule has 0 aliphatic carbocycles. The Morgan fingerprint density at radius 3 is 2.94 bits per heavy atom. The lowest BCUT2D eigenvalue weighted by Gasteiger charge is -2.33. The quantitative estimate of drug-likeness (QED) is 0.864. The minimum atomic E-state index is 0.720. The van der Waals surface area contributed by atoms with Crippen molar-refractivity contribution in [3.63, 3.8) is 0 Å². The van der Waals surface area contributed by atoms with Crippen molar-refractivity contribution < 1.29 is 0 Å². The van der Waals surface area contributed by atoms with Gasteiger partial charge in [0, 0.05) is 13.1 Å². The molecule has 0 amide bonds. The summed E-state index contributed by atoms with van der Waals surface area (Å²) in [6.45, 7) is 6.98. The van der Waals surface area contributed by atoms with Gasteiger partial charge in [0.2, 0.25) is 0 Å². The highest BCUT2D eigenvalue weighted by atomic mass is 15.2. The van der Waals surface area contributed by atoms with Crippen molar-refractivity contribution in [2.24, 2.45) is 11.7 Å². The molecule has 0 radical (unpaired) electrons. The molecule has 17 heavy (non-hydrogen) atoms. The van der Waals surface area contributed by atoms with Crippen molar-refractivity contribution in [2.45, 2.75) is 33.1 Å². The fourth-order valence-electron chi connectivity index (χ4n) is 2.43. The minimum Gasteiger partial charge on any atom is -0.355 e. The summed E-state index contributed by atoms with van der Waals surface area (Å²) in [7, 11) is 0. The van der Waals surface area contributed by atoms with Crippen LogP contribution in [0.3, 0.4) is 0 Å². The summed E-state index contributed by atoms with van der Waals surface area (Å²) < 4.78 is 0. The smallest absolute Gasteiger partial charge is 0.147 e. The highest BCUT2D eigenvalue weighted by Gasteiger charge is 2.20. The van der Waals surface area contributed by atoms with Crippen molar-refractivity contribution >= 4 is 5.82 Å². The van der Waals surface area contributed by atoms with Crippen LogP contribution in [0.15, 0.2) is 6.20 Å². The molecule has 0 spiro atoms. The van der Waals surface area contributed by atoms with E-state index in [0.717, 1.165) is 49.2 Å². The molecule has 0 bridgehead atoms. The number of nitrogens with zero attached hydrogens (tertiary/aromatic N) is 3. The van der Waals surface area contributed by atoms with Gasteiger partial charge in [0.15, 0.2) is 0 Å². The lowest BCUT2D eigenvalue weighted by Crippen LogP contribution is -2.36. The van der Waals surface area contributed by atoms with E-state index in [9.17, 15) is 0 Å². The lowest BCUT2D eigenvalue weighted by atomic mass is 9.95. The van der Waals surface area contributed by atoms with Crippen molar-refractivity contribution in [2.75, 3.05) is 24.5 Å². The maximum absolute atomic E-state index is 5.64. The van der Waals surface area contributed by atoms with Crippen LogP contribution in [0.25, 0.3) is 0 Å². The molecule has 1 saturated heterocycles. The van der Waals surface area contributed by atoms with E-state index in [-0.39, 0.29) is 0 Å². The van der Waals surface area contributed by atoms with E-state index >= 15 is 0 Å². The number of anilines is 1. The standard InChI is InChI=1S/C13H22N4/c1-10-11(2)16-13(8-15-10)17-7-3-4-12(9-17)5-6-14/h8,12H,3-7,9,14H2,1-2H3. The predicted molar refractivity (Wildman–Crippen MR) is 70.1 cm³/mol. The molecule has 1 atom stereocenters. The summed E-state index contributed by atoms with van der Waals surface area (Å²) in [5.74, 6) is 1.74. The topological polar surface area (TPSA) is 55.0 Å². The molecule has 4 heteroatoms. The first kappa shape index (κ1) is 12.3. The van der Waals surface area contributed by atoms with Crippen molar-refractivity contribution in [3.8, 4) is 0 Å². The van der Waals surface area contributed by atoms with E-state index in [4.69, 9.17) is 5.73 Å². The molecule has 1 aliphatic rings. The Morgan fingerprint density at radius 2 is 2.24 bits per heavy atom. The molecule has 1 aromatic heterocycles. The Labute approximate surface area is 103 Å². The van der Waals surface area contributed by atoms with Crippen LogP contribution in [0.2, 0.25) is 0 Å². The molecule has 1 aromatic rings. The minimum absolute atomic E-state index is 0.720. The second kappa shape index (κ2) is 5.45. The highest BCUT2D eigenvalue weighted by molar-refractivity contribution is 5.38. The normalized spacial score (nSPS) is 20.6. The van der Waals surface area contributed by atoms with Gasteiger partial charge >= 0.3 is 0 Å². The third-order valence-electron chi connectivity index (χ3n) is 3.60. The maximum atomic E-state index is 5.64. The van der Waals surface area contributed by atoms with E-state index < -0.39 is 0 Å². The van der Waals surface area contributed by atoms with Gasteiger partial charge in [-0.2, -0.15) is 0 Å². The molecule has 2 N–H and O–H groups in total. The number of rotatable bonds is 3. The van der Waals surface area contributed by atoms with Crippen LogP contribution in [-0.2, 0) is 0 Å². The van der Waals surface area contributed by atoms with Crippen LogP contribution >= 0.6 is 0 Å². The fourth-order valence-corrected chi connectivity index (χ4v) is 2.43. The molecule has 0 aromatic carbocycles. The third kappa shape index (κ3) is 2.94. The van der Waals surface area contributed by atoms with Crippen LogP contribution in [0.5, 0.6) is 0 Å². The average Bonchev–Trinajstić information content (AvgIpc) is 2.33. The molecule has 1 fully saturated rings. The maximum Gasteiger partial charge on any atom is 0.147 e. The molecule has 4 nitrogen and oxygen atoms in total. The Kier molecular flexibility index (Phi) is 3.94. The Balaban J connectivity index is 2.08. The fraction of sp³-hybridized carbons (Fsp3) is 0.692. The lowest BCUT2D eigenvalue weighted by molar-refractivity contribution is 0.394. The van der Waals surface area contributed by atoms with Gasteiger partial charge in [-0.1, -0.05) is 0 Å². The summed E-state index contributed by atoms with van der Waals surface area (Å²) in [6.07, 6.45) is 5.55. The predicted octanol–water partition coefficient (Wildman–Crippen LogP) is 1.66. The van der Waals surface area contributed by atoms with E-state index in [1.165, 1.54) is 12.8 Å². The van der Waals surface area contributed by atoms with Crippen molar-refractivity contribution in [1.29, 1.82) is 0 Å². The zero-order valence-corrected chi connectivity index (χ0v) is 10.8. The van der Waals surface area contributed by atoms with Crippen molar-refractivity contribution in [3.05, 3.63) is 17.6 Å². The number of aryl methyl sites for hydroxylation is 2. The first-order valence-electron chi connectivity index (χ1n) is 6.46. The average molecular weight is 234 g/mol. The number of hydrogen-bond acceptors (Lipinski definition) is 4. The third-order valence-corrected chi connectivity index (χ3v) is 3.60. The van der Waals surface area contributed by atoms with Gasteiger partial charge in [-0.15, -0.1) is 0 Å². The van der Waals surface area contributed by atoms with E-state index in [0.29, 0.717) is 0 Å². The van der Waals surface area contributed by atoms with Gasteiger partial charge in [-0.3, -0.25) is 4.98 Å².